The Labute approximate surface area is 93.7 Å². The van der Waals surface area contributed by atoms with Gasteiger partial charge in [-0.3, -0.25) is 0 Å². The molecule has 0 fully saturated rings. The number of rotatable bonds is 11. The van der Waals surface area contributed by atoms with Gasteiger partial charge in [-0.2, -0.15) is 0 Å². The molecule has 0 spiro atoms. The van der Waals surface area contributed by atoms with Crippen molar-refractivity contribution in [1.82, 2.24) is 0 Å². The minimum Gasteiger partial charge on any atom is -0.396 e. The molecule has 0 aromatic rings. The maximum absolute atomic E-state index is 8.66. The molecule has 0 saturated carbocycles. The van der Waals surface area contributed by atoms with Crippen molar-refractivity contribution in [3.8, 4) is 0 Å². The highest BCUT2D eigenvalue weighted by Gasteiger charge is 2.00. The van der Waals surface area contributed by atoms with Gasteiger partial charge in [-0.05, 0) is 19.3 Å². The Kier molecular flexibility index (Phi) is 11.9. The molecule has 3 nitrogen and oxygen atoms in total. The summed E-state index contributed by atoms with van der Waals surface area (Å²) in [5.41, 5.74) is 5.78. The SMILES string of the molecule is NC(CCO)CCCCCCCCCO. The van der Waals surface area contributed by atoms with Crippen molar-refractivity contribution in [3.63, 3.8) is 0 Å². The Balaban J connectivity index is 2.98. The summed E-state index contributed by atoms with van der Waals surface area (Å²) in [5, 5.41) is 17.2. The lowest BCUT2D eigenvalue weighted by Gasteiger charge is -2.08. The van der Waals surface area contributed by atoms with Gasteiger partial charge in [0.1, 0.15) is 0 Å². The number of hydrogen-bond donors (Lipinski definition) is 3. The monoisotopic (exact) mass is 217 g/mol. The molecule has 1 atom stereocenters. The van der Waals surface area contributed by atoms with E-state index in [0.29, 0.717) is 6.61 Å². The average molecular weight is 217 g/mol. The average Bonchev–Trinajstić information content (AvgIpc) is 2.22. The van der Waals surface area contributed by atoms with Crippen molar-refractivity contribution in [2.24, 2.45) is 5.73 Å². The minimum atomic E-state index is 0.185. The molecule has 0 amide bonds. The van der Waals surface area contributed by atoms with Gasteiger partial charge in [0.15, 0.2) is 0 Å². The lowest BCUT2D eigenvalue weighted by molar-refractivity contribution is 0.271. The summed E-state index contributed by atoms with van der Waals surface area (Å²) >= 11 is 0. The first kappa shape index (κ1) is 14.9. The molecule has 92 valence electrons. The van der Waals surface area contributed by atoms with Crippen LogP contribution in [0.25, 0.3) is 0 Å². The van der Waals surface area contributed by atoms with Gasteiger partial charge in [0, 0.05) is 19.3 Å². The molecule has 0 aliphatic heterocycles. The Bertz CT molecular complexity index is 120. The zero-order valence-corrected chi connectivity index (χ0v) is 9.83. The van der Waals surface area contributed by atoms with Crippen molar-refractivity contribution in [3.05, 3.63) is 0 Å². The lowest BCUT2D eigenvalue weighted by Crippen LogP contribution is -2.20. The van der Waals surface area contributed by atoms with E-state index >= 15 is 0 Å². The Morgan fingerprint density at radius 1 is 0.667 bits per heavy atom. The van der Waals surface area contributed by atoms with E-state index in [9.17, 15) is 0 Å². The third kappa shape index (κ3) is 11.8. The Morgan fingerprint density at radius 3 is 1.73 bits per heavy atom. The summed E-state index contributed by atoms with van der Waals surface area (Å²) in [6.07, 6.45) is 10.1. The van der Waals surface area contributed by atoms with Gasteiger partial charge in [0.25, 0.3) is 0 Å². The van der Waals surface area contributed by atoms with E-state index in [1.54, 1.807) is 0 Å². The minimum absolute atomic E-state index is 0.185. The maximum atomic E-state index is 8.66. The first-order valence-electron chi connectivity index (χ1n) is 6.28. The van der Waals surface area contributed by atoms with Crippen LogP contribution in [0.3, 0.4) is 0 Å². The van der Waals surface area contributed by atoms with Gasteiger partial charge in [-0.1, -0.05) is 38.5 Å². The van der Waals surface area contributed by atoms with Crippen LogP contribution >= 0.6 is 0 Å². The van der Waals surface area contributed by atoms with E-state index in [0.717, 1.165) is 25.7 Å². The fraction of sp³-hybridized carbons (Fsp3) is 1.00. The summed E-state index contributed by atoms with van der Waals surface area (Å²) < 4.78 is 0. The number of nitrogens with two attached hydrogens (primary N) is 1. The highest BCUT2D eigenvalue weighted by molar-refractivity contribution is 4.60. The molecule has 15 heavy (non-hydrogen) atoms. The van der Waals surface area contributed by atoms with Crippen LogP contribution in [0.1, 0.15) is 57.8 Å². The first-order valence-corrected chi connectivity index (χ1v) is 6.28. The molecule has 0 radical (unpaired) electrons. The zero-order valence-electron chi connectivity index (χ0n) is 9.83. The standard InChI is InChI=1S/C12H27NO2/c13-12(9-11-15)8-6-4-2-1-3-5-7-10-14/h12,14-15H,1-11,13H2. The Morgan fingerprint density at radius 2 is 1.20 bits per heavy atom. The largest absolute Gasteiger partial charge is 0.396 e. The molecule has 0 aromatic carbocycles. The second kappa shape index (κ2) is 12.0. The molecule has 1 unspecified atom stereocenters. The molecule has 0 bridgehead atoms. The summed E-state index contributed by atoms with van der Waals surface area (Å²) in [6.45, 7) is 0.540. The van der Waals surface area contributed by atoms with Crippen LogP contribution in [0.15, 0.2) is 0 Å². The van der Waals surface area contributed by atoms with E-state index in [1.165, 1.54) is 32.1 Å². The number of aliphatic hydroxyl groups excluding tert-OH is 2. The predicted molar refractivity (Wildman–Crippen MR) is 63.7 cm³/mol. The zero-order chi connectivity index (χ0) is 11.4. The van der Waals surface area contributed by atoms with Crippen LogP contribution in [0.5, 0.6) is 0 Å². The topological polar surface area (TPSA) is 66.5 Å². The quantitative estimate of drug-likeness (QED) is 0.462. The third-order valence-corrected chi connectivity index (χ3v) is 2.73. The van der Waals surface area contributed by atoms with Gasteiger partial charge in [-0.25, -0.2) is 0 Å². The van der Waals surface area contributed by atoms with Gasteiger partial charge in [0.05, 0.1) is 0 Å². The van der Waals surface area contributed by atoms with E-state index in [-0.39, 0.29) is 12.6 Å². The number of hydrogen-bond acceptors (Lipinski definition) is 3. The molecule has 0 aliphatic rings. The summed E-state index contributed by atoms with van der Waals surface area (Å²) in [5.74, 6) is 0. The maximum Gasteiger partial charge on any atom is 0.0445 e. The van der Waals surface area contributed by atoms with Crippen molar-refractivity contribution in [2.45, 2.75) is 63.8 Å². The van der Waals surface area contributed by atoms with Crippen LogP contribution in [-0.2, 0) is 0 Å². The van der Waals surface area contributed by atoms with Gasteiger partial charge < -0.3 is 15.9 Å². The molecule has 0 rings (SSSR count). The van der Waals surface area contributed by atoms with Gasteiger partial charge in [-0.15, -0.1) is 0 Å². The molecular weight excluding hydrogens is 190 g/mol. The molecule has 0 aromatic heterocycles. The molecule has 4 N–H and O–H groups in total. The normalized spacial score (nSPS) is 13.0. The van der Waals surface area contributed by atoms with E-state index in [4.69, 9.17) is 15.9 Å². The van der Waals surface area contributed by atoms with E-state index < -0.39 is 0 Å². The van der Waals surface area contributed by atoms with Crippen molar-refractivity contribution < 1.29 is 10.2 Å². The molecule has 0 heterocycles. The van der Waals surface area contributed by atoms with E-state index in [1.807, 2.05) is 0 Å². The second-order valence-corrected chi connectivity index (χ2v) is 4.26. The molecule has 0 aliphatic carbocycles. The van der Waals surface area contributed by atoms with Crippen LogP contribution < -0.4 is 5.73 Å². The van der Waals surface area contributed by atoms with Crippen LogP contribution in [-0.4, -0.2) is 29.5 Å². The van der Waals surface area contributed by atoms with Crippen molar-refractivity contribution in [1.29, 1.82) is 0 Å². The van der Waals surface area contributed by atoms with Crippen molar-refractivity contribution >= 4 is 0 Å². The van der Waals surface area contributed by atoms with Gasteiger partial charge >= 0.3 is 0 Å². The lowest BCUT2D eigenvalue weighted by atomic mass is 10.0. The molecule has 3 heteroatoms. The third-order valence-electron chi connectivity index (χ3n) is 2.73. The molecule has 0 saturated heterocycles. The molecular formula is C12H27NO2. The number of aliphatic hydroxyl groups is 2. The highest BCUT2D eigenvalue weighted by Crippen LogP contribution is 2.09. The number of unbranched alkanes of at least 4 members (excludes halogenated alkanes) is 6. The summed E-state index contributed by atoms with van der Waals surface area (Å²) in [4.78, 5) is 0. The first-order chi connectivity index (χ1) is 7.31. The fourth-order valence-electron chi connectivity index (χ4n) is 1.71. The predicted octanol–water partition coefficient (Wildman–Crippen LogP) is 1.81. The van der Waals surface area contributed by atoms with Crippen LogP contribution in [0.2, 0.25) is 0 Å². The second-order valence-electron chi connectivity index (χ2n) is 4.26. The van der Waals surface area contributed by atoms with Crippen LogP contribution in [0.4, 0.5) is 0 Å². The summed E-state index contributed by atoms with van der Waals surface area (Å²) in [7, 11) is 0. The van der Waals surface area contributed by atoms with Gasteiger partial charge in [0.2, 0.25) is 0 Å². The highest BCUT2D eigenvalue weighted by atomic mass is 16.3. The fourth-order valence-corrected chi connectivity index (χ4v) is 1.71. The summed E-state index contributed by atoms with van der Waals surface area (Å²) in [6, 6.07) is 0.185. The smallest absolute Gasteiger partial charge is 0.0445 e. The van der Waals surface area contributed by atoms with Crippen molar-refractivity contribution in [2.75, 3.05) is 13.2 Å². The van der Waals surface area contributed by atoms with E-state index in [2.05, 4.69) is 0 Å². The Hall–Kier alpha value is -0.120. The van der Waals surface area contributed by atoms with Crippen LogP contribution in [0, 0.1) is 0 Å².